The van der Waals surface area contributed by atoms with Crippen molar-refractivity contribution < 1.29 is 8.95 Å². The zero-order chi connectivity index (χ0) is 20.8. The van der Waals surface area contributed by atoms with Crippen LogP contribution in [0, 0.1) is 0 Å². The van der Waals surface area contributed by atoms with E-state index in [0.29, 0.717) is 18.1 Å². The highest BCUT2D eigenvalue weighted by Gasteiger charge is 2.43. The number of hydrogen-bond acceptors (Lipinski definition) is 3. The highest BCUT2D eigenvalue weighted by molar-refractivity contribution is 7.84. The van der Waals surface area contributed by atoms with Crippen LogP contribution in [-0.4, -0.2) is 35.1 Å². The Hall–Kier alpha value is -2.34. The molecule has 2 aliphatic rings. The smallest absolute Gasteiger partial charge is 0.191 e. The van der Waals surface area contributed by atoms with Gasteiger partial charge in [-0.05, 0) is 37.3 Å². The van der Waals surface area contributed by atoms with Crippen molar-refractivity contribution in [2.45, 2.75) is 49.5 Å². The molecule has 30 heavy (non-hydrogen) atoms. The number of guanidine groups is 1. The molecule has 2 atom stereocenters. The molecule has 4 rings (SSSR count). The van der Waals surface area contributed by atoms with E-state index in [-0.39, 0.29) is 11.6 Å². The number of para-hydroxylation sites is 1. The van der Waals surface area contributed by atoms with Gasteiger partial charge in [-0.2, -0.15) is 0 Å². The molecule has 5 nitrogen and oxygen atoms in total. The summed E-state index contributed by atoms with van der Waals surface area (Å²) in [6.07, 6.45) is 5.64. The van der Waals surface area contributed by atoms with Crippen molar-refractivity contribution >= 4 is 16.8 Å². The number of ether oxygens (including phenoxy) is 1. The molecule has 160 valence electrons. The molecule has 0 radical (unpaired) electrons. The van der Waals surface area contributed by atoms with Crippen molar-refractivity contribution in [3.8, 4) is 5.75 Å². The molecule has 0 aromatic heterocycles. The van der Waals surface area contributed by atoms with Crippen molar-refractivity contribution in [2.75, 3.05) is 19.3 Å². The number of nitrogens with zero attached hydrogens (tertiary/aromatic N) is 1. The van der Waals surface area contributed by atoms with Gasteiger partial charge in [0.15, 0.2) is 5.96 Å². The van der Waals surface area contributed by atoms with Gasteiger partial charge in [-0.1, -0.05) is 48.5 Å². The lowest BCUT2D eigenvalue weighted by atomic mass is 9.86. The maximum absolute atomic E-state index is 12.4. The third-order valence-corrected chi connectivity index (χ3v) is 7.35. The monoisotopic (exact) mass is 425 g/mol. The molecule has 2 aromatic rings. The van der Waals surface area contributed by atoms with E-state index in [1.807, 2.05) is 36.4 Å². The molecule has 2 unspecified atom stereocenters. The van der Waals surface area contributed by atoms with E-state index in [1.165, 1.54) is 18.4 Å². The first-order valence-corrected chi connectivity index (χ1v) is 12.3. The van der Waals surface area contributed by atoms with Crippen molar-refractivity contribution in [2.24, 2.45) is 4.99 Å². The van der Waals surface area contributed by atoms with Gasteiger partial charge in [0.1, 0.15) is 11.4 Å². The topological polar surface area (TPSA) is 62.7 Å². The summed E-state index contributed by atoms with van der Waals surface area (Å²) in [5.41, 5.74) is 2.24. The highest BCUT2D eigenvalue weighted by Crippen LogP contribution is 2.46. The zero-order valence-corrected chi connectivity index (χ0v) is 18.4. The molecule has 2 N–H and O–H groups in total. The lowest BCUT2D eigenvalue weighted by Gasteiger charge is -2.40. The summed E-state index contributed by atoms with van der Waals surface area (Å²) in [4.78, 5) is 4.41. The van der Waals surface area contributed by atoms with Gasteiger partial charge in [-0.25, -0.2) is 0 Å². The largest absolute Gasteiger partial charge is 0.487 e. The van der Waals surface area contributed by atoms with Crippen LogP contribution in [-0.2, 0) is 16.6 Å². The number of hydrogen-bond donors (Lipinski definition) is 2. The third kappa shape index (κ3) is 5.04. The Morgan fingerprint density at radius 3 is 2.63 bits per heavy atom. The summed E-state index contributed by atoms with van der Waals surface area (Å²) >= 11 is 0. The molecule has 1 aliphatic heterocycles. The van der Waals surface area contributed by atoms with Crippen LogP contribution < -0.4 is 15.4 Å². The van der Waals surface area contributed by atoms with Gasteiger partial charge in [-0.3, -0.25) is 9.20 Å². The number of aliphatic imine (C=N–C) groups is 1. The lowest BCUT2D eigenvalue weighted by Crippen LogP contribution is -2.47. The van der Waals surface area contributed by atoms with Gasteiger partial charge in [0.2, 0.25) is 0 Å². The first-order valence-electron chi connectivity index (χ1n) is 10.8. The minimum Gasteiger partial charge on any atom is -0.487 e. The molecule has 2 aromatic carbocycles. The summed E-state index contributed by atoms with van der Waals surface area (Å²) in [6, 6.07) is 18.5. The van der Waals surface area contributed by atoms with Crippen LogP contribution in [0.1, 0.15) is 49.3 Å². The van der Waals surface area contributed by atoms with Crippen molar-refractivity contribution in [1.29, 1.82) is 0 Å². The van der Waals surface area contributed by atoms with Gasteiger partial charge in [0, 0.05) is 47.9 Å². The Morgan fingerprint density at radius 1 is 1.13 bits per heavy atom. The second kappa shape index (κ2) is 9.65. The second-order valence-corrected chi connectivity index (χ2v) is 9.78. The van der Waals surface area contributed by atoms with E-state index in [4.69, 9.17) is 4.74 Å². The minimum absolute atomic E-state index is 0.0535. The predicted octanol–water partition coefficient (Wildman–Crippen LogP) is 3.94. The molecular weight excluding hydrogens is 394 g/mol. The first-order chi connectivity index (χ1) is 14.7. The van der Waals surface area contributed by atoms with Crippen LogP contribution in [0.15, 0.2) is 59.6 Å². The van der Waals surface area contributed by atoms with E-state index < -0.39 is 10.8 Å². The summed E-state index contributed by atoms with van der Waals surface area (Å²) in [7, 11) is 0.880. The van der Waals surface area contributed by atoms with Gasteiger partial charge < -0.3 is 15.4 Å². The average Bonchev–Trinajstić information content (AvgIpc) is 3.20. The fourth-order valence-corrected chi connectivity index (χ4v) is 5.59. The van der Waals surface area contributed by atoms with Crippen LogP contribution in [0.2, 0.25) is 0 Å². The fourth-order valence-electron chi connectivity index (χ4n) is 4.55. The third-order valence-electron chi connectivity index (χ3n) is 6.04. The van der Waals surface area contributed by atoms with Crippen molar-refractivity contribution in [1.82, 2.24) is 10.6 Å². The Morgan fingerprint density at radius 2 is 1.87 bits per heavy atom. The highest BCUT2D eigenvalue weighted by atomic mass is 32.2. The van der Waals surface area contributed by atoms with Crippen LogP contribution in [0.3, 0.4) is 0 Å². The molecule has 0 amide bonds. The molecule has 6 heteroatoms. The fraction of sp³-hybridized carbons (Fsp3) is 0.458. The van der Waals surface area contributed by atoms with E-state index >= 15 is 0 Å². The Kier molecular flexibility index (Phi) is 6.72. The second-order valence-electron chi connectivity index (χ2n) is 8.20. The van der Waals surface area contributed by atoms with Crippen LogP contribution in [0.25, 0.3) is 0 Å². The van der Waals surface area contributed by atoms with Crippen molar-refractivity contribution in [3.63, 3.8) is 0 Å². The minimum atomic E-state index is -0.905. The van der Waals surface area contributed by atoms with Gasteiger partial charge >= 0.3 is 0 Å². The average molecular weight is 426 g/mol. The van der Waals surface area contributed by atoms with Crippen LogP contribution >= 0.6 is 0 Å². The molecule has 1 fully saturated rings. The summed E-state index contributed by atoms with van der Waals surface area (Å²) in [6.45, 7) is 0.620. The summed E-state index contributed by atoms with van der Waals surface area (Å²) in [5.74, 6) is 2.91. The van der Waals surface area contributed by atoms with Crippen LogP contribution in [0.5, 0.6) is 5.75 Å². The molecule has 1 aliphatic carbocycles. The van der Waals surface area contributed by atoms with Crippen LogP contribution in [0.4, 0.5) is 0 Å². The maximum atomic E-state index is 12.4. The Balaban J connectivity index is 1.34. The van der Waals surface area contributed by atoms with Gasteiger partial charge in [0.25, 0.3) is 0 Å². The molecule has 1 spiro atoms. The van der Waals surface area contributed by atoms with Gasteiger partial charge in [-0.15, -0.1) is 0 Å². The molecule has 0 saturated heterocycles. The standard InChI is InChI=1S/C24H31N3O2S/c1-25-23(26-15-16-30(28)18-19-9-3-2-4-10-19)27-21-17-24(13-7-8-14-24)29-22-12-6-5-11-20(21)22/h2-6,9-12,21H,7-8,13-18H2,1H3,(H2,25,26,27). The maximum Gasteiger partial charge on any atom is 0.191 e. The first kappa shape index (κ1) is 20.9. The normalized spacial score (nSPS) is 21.0. The molecule has 0 bridgehead atoms. The zero-order valence-electron chi connectivity index (χ0n) is 17.6. The van der Waals surface area contributed by atoms with E-state index in [2.05, 4.69) is 33.8 Å². The molecule has 1 heterocycles. The quantitative estimate of drug-likeness (QED) is 0.544. The van der Waals surface area contributed by atoms with Gasteiger partial charge in [0.05, 0.1) is 6.04 Å². The number of nitrogens with one attached hydrogen (secondary N) is 2. The van der Waals surface area contributed by atoms with Crippen molar-refractivity contribution in [3.05, 3.63) is 65.7 Å². The Bertz CT molecular complexity index is 894. The number of rotatable bonds is 6. The van der Waals surface area contributed by atoms with E-state index in [0.717, 1.165) is 36.5 Å². The summed E-state index contributed by atoms with van der Waals surface area (Å²) < 4.78 is 18.9. The molecular formula is C24H31N3O2S. The molecule has 1 saturated carbocycles. The lowest BCUT2D eigenvalue weighted by molar-refractivity contribution is 0.0396. The predicted molar refractivity (Wildman–Crippen MR) is 123 cm³/mol. The Labute approximate surface area is 181 Å². The SMILES string of the molecule is CN=C(NCCS(=O)Cc1ccccc1)NC1CC2(CCCC2)Oc2ccccc21. The van der Waals surface area contributed by atoms with E-state index in [1.54, 1.807) is 7.05 Å². The summed E-state index contributed by atoms with van der Waals surface area (Å²) in [5, 5.41) is 6.94. The number of fused-ring (bicyclic) bond motifs is 1. The number of benzene rings is 2. The van der Waals surface area contributed by atoms with E-state index in [9.17, 15) is 4.21 Å².